The minimum atomic E-state index is -0.0390. The summed E-state index contributed by atoms with van der Waals surface area (Å²) in [6.45, 7) is 4.72. The van der Waals surface area contributed by atoms with Gasteiger partial charge < -0.3 is 5.32 Å². The molecule has 0 aliphatic heterocycles. The maximum absolute atomic E-state index is 11.9. The van der Waals surface area contributed by atoms with Gasteiger partial charge in [-0.15, -0.1) is 0 Å². The largest absolute Gasteiger partial charge is 0.351 e. The molecule has 5 heteroatoms. The monoisotopic (exact) mass is 287 g/mol. The summed E-state index contributed by atoms with van der Waals surface area (Å²) in [7, 11) is 1.83. The molecule has 0 saturated carbocycles. The van der Waals surface area contributed by atoms with Crippen LogP contribution in [0.4, 0.5) is 0 Å². The van der Waals surface area contributed by atoms with E-state index in [0.717, 1.165) is 18.5 Å². The van der Waals surface area contributed by atoms with Gasteiger partial charge in [0.05, 0.1) is 11.3 Å². The van der Waals surface area contributed by atoms with Crippen molar-refractivity contribution < 1.29 is 4.79 Å². The van der Waals surface area contributed by atoms with Crippen LogP contribution in [0, 0.1) is 0 Å². The highest BCUT2D eigenvalue weighted by atomic mass is 79.9. The topological polar surface area (TPSA) is 46.9 Å². The van der Waals surface area contributed by atoms with Crippen molar-refractivity contribution in [2.24, 2.45) is 7.05 Å². The third-order valence-corrected chi connectivity index (χ3v) is 3.38. The maximum Gasteiger partial charge on any atom is 0.254 e. The lowest BCUT2D eigenvalue weighted by atomic mass is 10.2. The third kappa shape index (κ3) is 3.33. The second-order valence-electron chi connectivity index (χ2n) is 3.73. The van der Waals surface area contributed by atoms with Crippen LogP contribution in [0.3, 0.4) is 0 Å². The van der Waals surface area contributed by atoms with Crippen LogP contribution >= 0.6 is 15.9 Å². The van der Waals surface area contributed by atoms with Crippen LogP contribution in [0.1, 0.15) is 36.3 Å². The first kappa shape index (κ1) is 13.2. The number of aromatic nitrogens is 2. The number of halogens is 1. The fraction of sp³-hybridized carbons (Fsp3) is 0.636. The van der Waals surface area contributed by atoms with E-state index in [1.54, 1.807) is 10.9 Å². The minimum Gasteiger partial charge on any atom is -0.351 e. The average molecular weight is 288 g/mol. The van der Waals surface area contributed by atoms with E-state index in [9.17, 15) is 4.79 Å². The lowest BCUT2D eigenvalue weighted by molar-refractivity contribution is 0.0953. The molecular weight excluding hydrogens is 270 g/mol. The first-order valence-electron chi connectivity index (χ1n) is 5.53. The summed E-state index contributed by atoms with van der Waals surface area (Å²) >= 11 is 3.48. The Balaban J connectivity index is 2.65. The minimum absolute atomic E-state index is 0.0390. The van der Waals surface area contributed by atoms with Gasteiger partial charge in [0.2, 0.25) is 0 Å². The molecule has 1 heterocycles. The molecule has 1 amide bonds. The molecule has 16 heavy (non-hydrogen) atoms. The van der Waals surface area contributed by atoms with E-state index in [4.69, 9.17) is 0 Å². The molecule has 0 radical (unpaired) electrons. The molecule has 1 aromatic rings. The predicted molar refractivity (Wildman–Crippen MR) is 67.9 cm³/mol. The number of hydrogen-bond acceptors (Lipinski definition) is 2. The van der Waals surface area contributed by atoms with Gasteiger partial charge in [-0.1, -0.05) is 29.8 Å². The molecule has 4 nitrogen and oxygen atoms in total. The third-order valence-electron chi connectivity index (χ3n) is 2.41. The second kappa shape index (κ2) is 6.03. The van der Waals surface area contributed by atoms with Crippen LogP contribution in [0.5, 0.6) is 0 Å². The molecule has 1 atom stereocenters. The zero-order chi connectivity index (χ0) is 12.1. The van der Waals surface area contributed by atoms with Crippen molar-refractivity contribution in [1.82, 2.24) is 15.1 Å². The van der Waals surface area contributed by atoms with Crippen LogP contribution in [0.25, 0.3) is 0 Å². The molecule has 0 saturated heterocycles. The van der Waals surface area contributed by atoms with Crippen molar-refractivity contribution in [3.05, 3.63) is 17.5 Å². The number of carbonyl (C=O) groups is 1. The van der Waals surface area contributed by atoms with E-state index in [1.165, 1.54) is 0 Å². The Hall–Kier alpha value is -0.840. The van der Waals surface area contributed by atoms with E-state index >= 15 is 0 Å². The van der Waals surface area contributed by atoms with Crippen molar-refractivity contribution in [1.29, 1.82) is 0 Å². The van der Waals surface area contributed by atoms with E-state index in [2.05, 4.69) is 33.3 Å². The van der Waals surface area contributed by atoms with Gasteiger partial charge in [-0.2, -0.15) is 5.10 Å². The summed E-state index contributed by atoms with van der Waals surface area (Å²) in [4.78, 5) is 12.2. The molecule has 0 aromatic carbocycles. The molecule has 1 N–H and O–H groups in total. The normalized spacial score (nSPS) is 12.5. The SMILES string of the molecule is CCc1nn(C)cc1C(=O)NCC(Br)CC. The molecular formula is C11H18BrN3O. The van der Waals surface area contributed by atoms with Gasteiger partial charge in [0.15, 0.2) is 0 Å². The van der Waals surface area contributed by atoms with Gasteiger partial charge in [-0.25, -0.2) is 0 Å². The average Bonchev–Trinajstić information content (AvgIpc) is 2.66. The molecule has 0 aliphatic carbocycles. The Kier molecular flexibility index (Phi) is 4.99. The fourth-order valence-electron chi connectivity index (χ4n) is 1.43. The lowest BCUT2D eigenvalue weighted by Crippen LogP contribution is -2.29. The summed E-state index contributed by atoms with van der Waals surface area (Å²) < 4.78 is 1.68. The standard InChI is InChI=1S/C11H18BrN3O/c1-4-8(12)6-13-11(16)9-7-15(3)14-10(9)5-2/h7-8H,4-6H2,1-3H3,(H,13,16). The lowest BCUT2D eigenvalue weighted by Gasteiger charge is -2.08. The van der Waals surface area contributed by atoms with Crippen LogP contribution in [-0.4, -0.2) is 27.1 Å². The number of rotatable bonds is 5. The highest BCUT2D eigenvalue weighted by Gasteiger charge is 2.14. The van der Waals surface area contributed by atoms with Crippen molar-refractivity contribution in [3.63, 3.8) is 0 Å². The summed E-state index contributed by atoms with van der Waals surface area (Å²) in [6.07, 6.45) is 3.53. The molecule has 1 rings (SSSR count). The predicted octanol–water partition coefficient (Wildman–Crippen LogP) is 1.89. The highest BCUT2D eigenvalue weighted by Crippen LogP contribution is 2.08. The van der Waals surface area contributed by atoms with Crippen LogP contribution in [-0.2, 0) is 13.5 Å². The van der Waals surface area contributed by atoms with Crippen LogP contribution < -0.4 is 5.32 Å². The summed E-state index contributed by atoms with van der Waals surface area (Å²) in [5.74, 6) is -0.0390. The Labute approximate surface area is 105 Å². The number of aryl methyl sites for hydroxylation is 2. The molecule has 0 spiro atoms. The Morgan fingerprint density at radius 3 is 2.88 bits per heavy atom. The zero-order valence-corrected chi connectivity index (χ0v) is 11.5. The van der Waals surface area contributed by atoms with Crippen LogP contribution in [0.2, 0.25) is 0 Å². The summed E-state index contributed by atoms with van der Waals surface area (Å²) in [6, 6.07) is 0. The Morgan fingerprint density at radius 1 is 1.62 bits per heavy atom. The van der Waals surface area contributed by atoms with Gasteiger partial charge >= 0.3 is 0 Å². The second-order valence-corrected chi connectivity index (χ2v) is 5.03. The molecule has 0 bridgehead atoms. The van der Waals surface area contributed by atoms with Crippen LogP contribution in [0.15, 0.2) is 6.20 Å². The summed E-state index contributed by atoms with van der Waals surface area (Å²) in [5.41, 5.74) is 1.53. The number of nitrogens with zero attached hydrogens (tertiary/aromatic N) is 2. The highest BCUT2D eigenvalue weighted by molar-refractivity contribution is 9.09. The first-order chi connectivity index (χ1) is 7.58. The number of hydrogen-bond donors (Lipinski definition) is 1. The molecule has 0 fully saturated rings. The van der Waals surface area contributed by atoms with Gasteiger partial charge in [0, 0.05) is 24.6 Å². The van der Waals surface area contributed by atoms with Gasteiger partial charge in [0.1, 0.15) is 0 Å². The van der Waals surface area contributed by atoms with E-state index < -0.39 is 0 Å². The van der Waals surface area contributed by atoms with E-state index in [1.807, 2.05) is 14.0 Å². The van der Waals surface area contributed by atoms with Crippen molar-refractivity contribution in [2.45, 2.75) is 31.5 Å². The Bertz CT molecular complexity index is 362. The zero-order valence-electron chi connectivity index (χ0n) is 9.96. The molecule has 1 aromatic heterocycles. The van der Waals surface area contributed by atoms with Gasteiger partial charge in [0.25, 0.3) is 5.91 Å². The number of nitrogens with one attached hydrogen (secondary N) is 1. The molecule has 1 unspecified atom stereocenters. The maximum atomic E-state index is 11.9. The van der Waals surface area contributed by atoms with Gasteiger partial charge in [-0.3, -0.25) is 9.48 Å². The number of amides is 1. The van der Waals surface area contributed by atoms with Crippen molar-refractivity contribution in [2.75, 3.05) is 6.54 Å². The smallest absolute Gasteiger partial charge is 0.254 e. The Morgan fingerprint density at radius 2 is 2.31 bits per heavy atom. The number of alkyl halides is 1. The fourth-order valence-corrected chi connectivity index (χ4v) is 1.59. The summed E-state index contributed by atoms with van der Waals surface area (Å²) in [5, 5.41) is 7.14. The van der Waals surface area contributed by atoms with Crippen molar-refractivity contribution in [3.8, 4) is 0 Å². The van der Waals surface area contributed by atoms with Crippen molar-refractivity contribution >= 4 is 21.8 Å². The van der Waals surface area contributed by atoms with Gasteiger partial charge in [-0.05, 0) is 12.8 Å². The molecule has 0 aliphatic rings. The number of carbonyl (C=O) groups excluding carboxylic acids is 1. The quantitative estimate of drug-likeness (QED) is 0.841. The van der Waals surface area contributed by atoms with E-state index in [-0.39, 0.29) is 5.91 Å². The first-order valence-corrected chi connectivity index (χ1v) is 6.44. The molecule has 90 valence electrons. The van der Waals surface area contributed by atoms with E-state index in [0.29, 0.717) is 16.9 Å².